The van der Waals surface area contributed by atoms with E-state index in [2.05, 4.69) is 6.58 Å². The van der Waals surface area contributed by atoms with Crippen molar-refractivity contribution in [3.8, 4) is 0 Å². The zero-order valence-electron chi connectivity index (χ0n) is 6.59. The zero-order chi connectivity index (χ0) is 9.07. The van der Waals surface area contributed by atoms with E-state index in [4.69, 9.17) is 0 Å². The van der Waals surface area contributed by atoms with Gasteiger partial charge in [-0.1, -0.05) is 13.5 Å². The molecule has 2 nitrogen and oxygen atoms in total. The molecule has 0 aliphatic heterocycles. The van der Waals surface area contributed by atoms with Gasteiger partial charge in [0.05, 0.1) is 0 Å². The molecule has 0 unspecified atom stereocenters. The molecular weight excluding hydrogens is 167 g/mol. The second-order valence-electron chi connectivity index (χ2n) is 2.18. The summed E-state index contributed by atoms with van der Waals surface area (Å²) in [4.78, 5) is 0.0741. The molecule has 0 aromatic carbocycles. The van der Waals surface area contributed by atoms with Crippen molar-refractivity contribution >= 4 is 9.84 Å². The van der Waals surface area contributed by atoms with E-state index in [1.165, 1.54) is 0 Å². The molecule has 0 atom stereocenters. The average Bonchev–Trinajstić information content (AvgIpc) is 1.79. The SMILES string of the molecule is C=C(F)/C=C(\CC)S(C)(=O)=O. The third-order valence-corrected chi connectivity index (χ3v) is 2.50. The second kappa shape index (κ2) is 3.67. The summed E-state index contributed by atoms with van der Waals surface area (Å²) in [7, 11) is -3.25. The van der Waals surface area contributed by atoms with Gasteiger partial charge in [-0.3, -0.25) is 0 Å². The van der Waals surface area contributed by atoms with Gasteiger partial charge >= 0.3 is 0 Å². The summed E-state index contributed by atoms with van der Waals surface area (Å²) in [6.45, 7) is 4.60. The van der Waals surface area contributed by atoms with E-state index in [1.54, 1.807) is 6.92 Å². The van der Waals surface area contributed by atoms with Crippen molar-refractivity contribution in [1.29, 1.82) is 0 Å². The molecule has 11 heavy (non-hydrogen) atoms. The van der Waals surface area contributed by atoms with Crippen LogP contribution in [0.1, 0.15) is 13.3 Å². The fraction of sp³-hybridized carbons (Fsp3) is 0.429. The van der Waals surface area contributed by atoms with Gasteiger partial charge in [-0.05, 0) is 12.5 Å². The van der Waals surface area contributed by atoms with Gasteiger partial charge in [0.25, 0.3) is 0 Å². The molecule has 0 N–H and O–H groups in total. The highest BCUT2D eigenvalue weighted by Crippen LogP contribution is 2.11. The first-order chi connectivity index (χ1) is 4.88. The Hall–Kier alpha value is -0.640. The molecule has 0 aliphatic rings. The Bertz CT molecular complexity index is 275. The van der Waals surface area contributed by atoms with Crippen molar-refractivity contribution in [3.63, 3.8) is 0 Å². The van der Waals surface area contributed by atoms with Crippen molar-refractivity contribution in [2.45, 2.75) is 13.3 Å². The summed E-state index contributed by atoms with van der Waals surface area (Å²) in [5.41, 5.74) is 0. The van der Waals surface area contributed by atoms with Crippen molar-refractivity contribution in [2.75, 3.05) is 6.26 Å². The second-order valence-corrected chi connectivity index (χ2v) is 4.25. The lowest BCUT2D eigenvalue weighted by Gasteiger charge is -1.98. The molecule has 0 amide bonds. The summed E-state index contributed by atoms with van der Waals surface area (Å²) in [5, 5.41) is 0. The van der Waals surface area contributed by atoms with E-state index in [0.717, 1.165) is 12.3 Å². The number of halogens is 1. The quantitative estimate of drug-likeness (QED) is 0.617. The lowest BCUT2D eigenvalue weighted by molar-refractivity contribution is 0.605. The molecule has 0 fully saturated rings. The van der Waals surface area contributed by atoms with E-state index < -0.39 is 15.7 Å². The normalized spacial score (nSPS) is 13.2. The van der Waals surface area contributed by atoms with Crippen LogP contribution in [0, 0.1) is 0 Å². The molecule has 0 bridgehead atoms. The first-order valence-corrected chi connectivity index (χ1v) is 5.02. The highest BCUT2D eigenvalue weighted by molar-refractivity contribution is 7.94. The van der Waals surface area contributed by atoms with Crippen molar-refractivity contribution in [2.24, 2.45) is 0 Å². The first kappa shape index (κ1) is 10.4. The van der Waals surface area contributed by atoms with Crippen LogP contribution in [-0.2, 0) is 9.84 Å². The molecular formula is C7H11FO2S. The molecule has 0 heterocycles. The van der Waals surface area contributed by atoms with Gasteiger partial charge in [0.1, 0.15) is 5.83 Å². The molecule has 0 rings (SSSR count). The van der Waals surface area contributed by atoms with Crippen LogP contribution in [0.25, 0.3) is 0 Å². The molecule has 0 aromatic heterocycles. The van der Waals surface area contributed by atoms with Gasteiger partial charge in [0.2, 0.25) is 0 Å². The molecule has 0 spiro atoms. The Morgan fingerprint density at radius 3 is 2.18 bits per heavy atom. The Morgan fingerprint density at radius 2 is 2.09 bits per heavy atom. The fourth-order valence-corrected chi connectivity index (χ4v) is 1.51. The minimum absolute atomic E-state index is 0.0741. The summed E-state index contributed by atoms with van der Waals surface area (Å²) < 4.78 is 33.8. The highest BCUT2D eigenvalue weighted by atomic mass is 32.2. The molecule has 0 saturated carbocycles. The third kappa shape index (κ3) is 3.93. The van der Waals surface area contributed by atoms with Crippen LogP contribution >= 0.6 is 0 Å². The smallest absolute Gasteiger partial charge is 0.171 e. The van der Waals surface area contributed by atoms with Crippen LogP contribution in [0.15, 0.2) is 23.4 Å². The largest absolute Gasteiger partial charge is 0.224 e. The minimum atomic E-state index is -3.25. The topological polar surface area (TPSA) is 34.1 Å². The van der Waals surface area contributed by atoms with Gasteiger partial charge in [-0.2, -0.15) is 0 Å². The molecule has 0 saturated heterocycles. The number of rotatable bonds is 3. The van der Waals surface area contributed by atoms with Crippen LogP contribution in [0.3, 0.4) is 0 Å². The zero-order valence-corrected chi connectivity index (χ0v) is 7.41. The summed E-state index contributed by atoms with van der Waals surface area (Å²) in [5.74, 6) is -0.729. The van der Waals surface area contributed by atoms with Crippen molar-refractivity contribution < 1.29 is 12.8 Å². The maximum atomic E-state index is 12.1. The van der Waals surface area contributed by atoms with Crippen molar-refractivity contribution in [1.82, 2.24) is 0 Å². The summed E-state index contributed by atoms with van der Waals surface area (Å²) in [6.07, 6.45) is 2.28. The van der Waals surface area contributed by atoms with Crippen molar-refractivity contribution in [3.05, 3.63) is 23.4 Å². The average molecular weight is 178 g/mol. The van der Waals surface area contributed by atoms with E-state index in [0.29, 0.717) is 6.42 Å². The van der Waals surface area contributed by atoms with Crippen LogP contribution < -0.4 is 0 Å². The van der Waals surface area contributed by atoms with Crippen LogP contribution in [-0.4, -0.2) is 14.7 Å². The lowest BCUT2D eigenvalue weighted by atomic mass is 10.4. The number of hydrogen-bond donors (Lipinski definition) is 0. The standard InChI is InChI=1S/C7H11FO2S/c1-4-7(5-6(2)8)11(3,9)10/h5H,2,4H2,1,3H3/b7-5+. The number of allylic oxidation sites excluding steroid dienone is 3. The Kier molecular flexibility index (Phi) is 3.45. The van der Waals surface area contributed by atoms with Gasteiger partial charge in [0, 0.05) is 11.2 Å². The van der Waals surface area contributed by atoms with Crippen LogP contribution in [0.5, 0.6) is 0 Å². The lowest BCUT2D eigenvalue weighted by Crippen LogP contribution is -1.99. The summed E-state index contributed by atoms with van der Waals surface area (Å²) in [6, 6.07) is 0. The van der Waals surface area contributed by atoms with E-state index in [-0.39, 0.29) is 4.91 Å². The monoisotopic (exact) mass is 178 g/mol. The predicted octanol–water partition coefficient (Wildman–Crippen LogP) is 1.81. The Balaban J connectivity index is 4.84. The molecule has 4 heteroatoms. The van der Waals surface area contributed by atoms with Gasteiger partial charge in [-0.25, -0.2) is 12.8 Å². The fourth-order valence-electron chi connectivity index (χ4n) is 0.646. The third-order valence-electron chi connectivity index (χ3n) is 1.14. The van der Waals surface area contributed by atoms with Crippen LogP contribution in [0.2, 0.25) is 0 Å². The van der Waals surface area contributed by atoms with E-state index in [1.807, 2.05) is 0 Å². The number of sulfone groups is 1. The highest BCUT2D eigenvalue weighted by Gasteiger charge is 2.08. The maximum Gasteiger partial charge on any atom is 0.171 e. The Morgan fingerprint density at radius 1 is 1.64 bits per heavy atom. The first-order valence-electron chi connectivity index (χ1n) is 3.13. The van der Waals surface area contributed by atoms with E-state index >= 15 is 0 Å². The van der Waals surface area contributed by atoms with Crippen LogP contribution in [0.4, 0.5) is 4.39 Å². The minimum Gasteiger partial charge on any atom is -0.224 e. The van der Waals surface area contributed by atoms with Gasteiger partial charge in [-0.15, -0.1) is 0 Å². The summed E-state index contributed by atoms with van der Waals surface area (Å²) >= 11 is 0. The van der Waals surface area contributed by atoms with Gasteiger partial charge in [0.15, 0.2) is 9.84 Å². The Labute approximate surface area is 66.3 Å². The molecule has 0 radical (unpaired) electrons. The van der Waals surface area contributed by atoms with Gasteiger partial charge < -0.3 is 0 Å². The predicted molar refractivity (Wildman–Crippen MR) is 43.5 cm³/mol. The molecule has 64 valence electrons. The van der Waals surface area contributed by atoms with E-state index in [9.17, 15) is 12.8 Å². The molecule has 0 aliphatic carbocycles. The maximum absolute atomic E-state index is 12.1. The number of hydrogen-bond acceptors (Lipinski definition) is 2. The molecule has 0 aromatic rings.